The van der Waals surface area contributed by atoms with Crippen molar-refractivity contribution in [3.63, 3.8) is 0 Å². The number of nitrogens with zero attached hydrogens (tertiary/aromatic N) is 1. The molecule has 0 fully saturated rings. The number of aromatic nitrogens is 1. The van der Waals surface area contributed by atoms with Gasteiger partial charge in [-0.2, -0.15) is 0 Å². The zero-order chi connectivity index (χ0) is 31.3. The van der Waals surface area contributed by atoms with Crippen LogP contribution >= 0.6 is 0 Å². The van der Waals surface area contributed by atoms with Crippen LogP contribution in [0.3, 0.4) is 0 Å². The molecule has 0 N–H and O–H groups in total. The molecule has 0 saturated carbocycles. The van der Waals surface area contributed by atoms with Crippen molar-refractivity contribution < 1.29 is 0 Å². The van der Waals surface area contributed by atoms with Crippen LogP contribution in [0.25, 0.3) is 72.0 Å². The van der Waals surface area contributed by atoms with Crippen molar-refractivity contribution in [2.24, 2.45) is 0 Å². The first-order valence-electron chi connectivity index (χ1n) is 16.6. The molecular weight excluding hydrogens is 567 g/mol. The quantitative estimate of drug-likeness (QED) is 0.190. The summed E-state index contributed by atoms with van der Waals surface area (Å²) < 4.78 is 2.38. The van der Waals surface area contributed by atoms with Gasteiger partial charge in [-0.1, -0.05) is 123 Å². The minimum absolute atomic E-state index is 0.00272. The highest BCUT2D eigenvalue weighted by atomic mass is 15.0. The Kier molecular flexibility index (Phi) is 5.46. The molecule has 1 nitrogen and oxygen atoms in total. The number of benzene rings is 7. The smallest absolute Gasteiger partial charge is 0.0541 e. The molecule has 7 aromatic carbocycles. The van der Waals surface area contributed by atoms with Crippen LogP contribution in [0.1, 0.15) is 36.1 Å². The molecule has 0 unspecified atom stereocenters. The number of hydrogen-bond acceptors (Lipinski definition) is 0. The molecule has 1 heteroatoms. The molecule has 0 atom stereocenters. The largest absolute Gasteiger partial charge is 0.309 e. The van der Waals surface area contributed by atoms with Crippen LogP contribution in [-0.4, -0.2) is 4.57 Å². The Labute approximate surface area is 275 Å². The maximum absolute atomic E-state index is 2.43. The number of para-hydroxylation sites is 2. The summed E-state index contributed by atoms with van der Waals surface area (Å²) in [5, 5.41) is 2.58. The Morgan fingerprint density at radius 1 is 0.426 bits per heavy atom. The van der Waals surface area contributed by atoms with Gasteiger partial charge in [0.25, 0.3) is 0 Å². The molecule has 1 aromatic heterocycles. The summed E-state index contributed by atoms with van der Waals surface area (Å²) in [6.45, 7) is 4.72. The van der Waals surface area contributed by atoms with Gasteiger partial charge in [-0.3, -0.25) is 0 Å². The van der Waals surface area contributed by atoms with Crippen LogP contribution in [0.2, 0.25) is 0 Å². The van der Waals surface area contributed by atoms with Crippen LogP contribution in [0, 0.1) is 0 Å². The topological polar surface area (TPSA) is 4.93 Å². The van der Waals surface area contributed by atoms with Gasteiger partial charge < -0.3 is 4.57 Å². The minimum Gasteiger partial charge on any atom is -0.309 e. The molecule has 2 aliphatic rings. The SMILES string of the molecule is CC1(C)c2ccccc2-c2ccc(-c3ccc4c(c3)-c3cc(-c5ccc(-n6c7ccccc7c7ccccc76)cc5)ccc3C4)cc21. The van der Waals surface area contributed by atoms with Gasteiger partial charge in [0.05, 0.1) is 11.0 Å². The van der Waals surface area contributed by atoms with Crippen molar-refractivity contribution in [2.75, 3.05) is 0 Å². The van der Waals surface area contributed by atoms with Gasteiger partial charge in [-0.25, -0.2) is 0 Å². The van der Waals surface area contributed by atoms with Crippen molar-refractivity contribution in [1.29, 1.82) is 0 Å². The highest BCUT2D eigenvalue weighted by molar-refractivity contribution is 6.09. The lowest BCUT2D eigenvalue weighted by Crippen LogP contribution is -2.14. The summed E-state index contributed by atoms with van der Waals surface area (Å²) in [5.74, 6) is 0. The maximum Gasteiger partial charge on any atom is 0.0541 e. The van der Waals surface area contributed by atoms with Gasteiger partial charge in [-0.05, 0) is 116 Å². The Balaban J connectivity index is 1.01. The van der Waals surface area contributed by atoms with Crippen molar-refractivity contribution >= 4 is 21.8 Å². The Bertz CT molecular complexity index is 2510. The third-order valence-corrected chi connectivity index (χ3v) is 10.8. The average molecular weight is 600 g/mol. The summed E-state index contributed by atoms with van der Waals surface area (Å²) in [7, 11) is 0. The second kappa shape index (κ2) is 9.67. The van der Waals surface area contributed by atoms with E-state index in [1.807, 2.05) is 0 Å². The lowest BCUT2D eigenvalue weighted by atomic mass is 9.81. The van der Waals surface area contributed by atoms with Gasteiger partial charge in [0.2, 0.25) is 0 Å². The van der Waals surface area contributed by atoms with E-state index in [-0.39, 0.29) is 5.41 Å². The molecule has 0 amide bonds. The van der Waals surface area contributed by atoms with E-state index < -0.39 is 0 Å². The first-order chi connectivity index (χ1) is 23.0. The van der Waals surface area contributed by atoms with Crippen molar-refractivity contribution in [3.05, 3.63) is 174 Å². The lowest BCUT2D eigenvalue weighted by molar-refractivity contribution is 0.660. The van der Waals surface area contributed by atoms with Crippen LogP contribution in [-0.2, 0) is 11.8 Å². The van der Waals surface area contributed by atoms with E-state index in [4.69, 9.17) is 0 Å². The summed E-state index contributed by atoms with van der Waals surface area (Å²) in [6.07, 6.45) is 0.991. The maximum atomic E-state index is 2.43. The second-order valence-electron chi connectivity index (χ2n) is 13.8. The normalized spacial score (nSPS) is 13.8. The molecule has 2 aliphatic carbocycles. The fourth-order valence-electron chi connectivity index (χ4n) is 8.41. The lowest BCUT2D eigenvalue weighted by Gasteiger charge is -2.22. The van der Waals surface area contributed by atoms with Crippen molar-refractivity contribution in [2.45, 2.75) is 25.7 Å². The Hall–Kier alpha value is -5.66. The molecule has 47 heavy (non-hydrogen) atoms. The number of rotatable bonds is 3. The van der Waals surface area contributed by atoms with E-state index in [1.165, 1.54) is 94.3 Å². The Morgan fingerprint density at radius 3 is 1.62 bits per heavy atom. The van der Waals surface area contributed by atoms with Gasteiger partial charge in [0.15, 0.2) is 0 Å². The Morgan fingerprint density at radius 2 is 0.936 bits per heavy atom. The fraction of sp³-hybridized carbons (Fsp3) is 0.0870. The highest BCUT2D eigenvalue weighted by Crippen LogP contribution is 2.50. The average Bonchev–Trinajstić information content (AvgIpc) is 3.73. The van der Waals surface area contributed by atoms with Crippen molar-refractivity contribution in [1.82, 2.24) is 4.57 Å². The molecule has 222 valence electrons. The van der Waals surface area contributed by atoms with E-state index in [9.17, 15) is 0 Å². The van der Waals surface area contributed by atoms with Gasteiger partial charge in [-0.15, -0.1) is 0 Å². The first-order valence-corrected chi connectivity index (χ1v) is 16.6. The van der Waals surface area contributed by atoms with Crippen LogP contribution in [0.4, 0.5) is 0 Å². The molecular formula is C46H33N. The summed E-state index contributed by atoms with van der Waals surface area (Å²) >= 11 is 0. The van der Waals surface area contributed by atoms with E-state index in [1.54, 1.807) is 0 Å². The van der Waals surface area contributed by atoms with Crippen LogP contribution < -0.4 is 0 Å². The summed E-state index contributed by atoms with van der Waals surface area (Å²) in [6, 6.07) is 56.6. The summed E-state index contributed by atoms with van der Waals surface area (Å²) in [5.41, 5.74) is 19.9. The highest BCUT2D eigenvalue weighted by Gasteiger charge is 2.35. The van der Waals surface area contributed by atoms with Gasteiger partial charge >= 0.3 is 0 Å². The minimum atomic E-state index is -0.00272. The van der Waals surface area contributed by atoms with Crippen LogP contribution in [0.5, 0.6) is 0 Å². The van der Waals surface area contributed by atoms with Crippen LogP contribution in [0.15, 0.2) is 152 Å². The number of hydrogen-bond donors (Lipinski definition) is 0. The molecule has 1 heterocycles. The third-order valence-electron chi connectivity index (χ3n) is 10.8. The summed E-state index contributed by atoms with van der Waals surface area (Å²) in [4.78, 5) is 0. The molecule has 0 bridgehead atoms. The molecule has 0 spiro atoms. The zero-order valence-electron chi connectivity index (χ0n) is 26.6. The van der Waals surface area contributed by atoms with E-state index in [0.29, 0.717) is 0 Å². The molecule has 0 saturated heterocycles. The van der Waals surface area contributed by atoms with Crippen molar-refractivity contribution in [3.8, 4) is 50.2 Å². The number of fused-ring (bicyclic) bond motifs is 9. The molecule has 10 rings (SSSR count). The monoisotopic (exact) mass is 599 g/mol. The third kappa shape index (κ3) is 3.84. The second-order valence-corrected chi connectivity index (χ2v) is 13.8. The van der Waals surface area contributed by atoms with E-state index >= 15 is 0 Å². The van der Waals surface area contributed by atoms with Gasteiger partial charge in [0.1, 0.15) is 0 Å². The zero-order valence-corrected chi connectivity index (χ0v) is 26.6. The molecule has 0 radical (unpaired) electrons. The standard InChI is InChI=1S/C46H33N/c1-46(2)42-12-6-3-9-36(42)37-24-21-32(28-43(37)46)31-16-18-34-25-33-17-15-30(26-40(33)41(34)27-31)29-19-22-35(23-20-29)47-44-13-7-4-10-38(44)39-11-5-8-14-45(39)47/h3-24,26-28H,25H2,1-2H3. The fourth-order valence-corrected chi connectivity index (χ4v) is 8.41. The van der Waals surface area contributed by atoms with E-state index in [2.05, 4.69) is 170 Å². The predicted molar refractivity (Wildman–Crippen MR) is 197 cm³/mol. The first kappa shape index (κ1) is 26.5. The molecule has 8 aromatic rings. The van der Waals surface area contributed by atoms with E-state index in [0.717, 1.165) is 6.42 Å². The predicted octanol–water partition coefficient (Wildman–Crippen LogP) is 12.0. The van der Waals surface area contributed by atoms with Gasteiger partial charge in [0, 0.05) is 21.9 Å². The molecule has 0 aliphatic heterocycles.